The highest BCUT2D eigenvalue weighted by Gasteiger charge is 2.59. The zero-order valence-electron chi connectivity index (χ0n) is 22.0. The lowest BCUT2D eigenvalue weighted by molar-refractivity contribution is -0.658. The van der Waals surface area contributed by atoms with Crippen LogP contribution in [0.25, 0.3) is 0 Å². The zero-order chi connectivity index (χ0) is 24.7. The van der Waals surface area contributed by atoms with Crippen molar-refractivity contribution in [1.82, 2.24) is 0 Å². The van der Waals surface area contributed by atoms with Crippen LogP contribution in [0, 0.1) is 6.92 Å². The maximum Gasteiger partial charge on any atom is 0.638 e. The molecule has 176 valence electrons. The van der Waals surface area contributed by atoms with Gasteiger partial charge in [0.05, 0.1) is 37.4 Å². The number of ether oxygens (including phenoxy) is 1. The van der Waals surface area contributed by atoms with Gasteiger partial charge in [0.25, 0.3) is 5.82 Å². The SMILES string of the molecule is CC.CC.CC.COc1ccc2c(c1C)N(c1cccc[n+]1C)B1N(C)c3ccccc3N12. The highest BCUT2D eigenvalue weighted by atomic mass is 16.5. The summed E-state index contributed by atoms with van der Waals surface area (Å²) in [6.07, 6.45) is 2.09. The van der Waals surface area contributed by atoms with E-state index in [1.165, 1.54) is 22.7 Å². The molecule has 2 aliphatic rings. The number of benzene rings is 2. The van der Waals surface area contributed by atoms with Crippen LogP contribution in [0.15, 0.2) is 60.8 Å². The Hall–Kier alpha value is -3.15. The number of anilines is 5. The lowest BCUT2D eigenvalue weighted by Crippen LogP contribution is -2.54. The summed E-state index contributed by atoms with van der Waals surface area (Å²) >= 11 is 0. The number of aryl methyl sites for hydroxylation is 1. The van der Waals surface area contributed by atoms with Crippen molar-refractivity contribution in [2.75, 3.05) is 28.6 Å². The van der Waals surface area contributed by atoms with Gasteiger partial charge < -0.3 is 14.4 Å². The van der Waals surface area contributed by atoms with E-state index in [0.29, 0.717) is 0 Å². The molecule has 0 fully saturated rings. The molecule has 0 saturated carbocycles. The summed E-state index contributed by atoms with van der Waals surface area (Å²) in [5.74, 6) is 2.05. The summed E-state index contributed by atoms with van der Waals surface area (Å²) in [5.41, 5.74) is 6.03. The van der Waals surface area contributed by atoms with Gasteiger partial charge in [-0.25, -0.2) is 9.38 Å². The van der Waals surface area contributed by atoms with Crippen LogP contribution in [-0.2, 0) is 7.05 Å². The average Bonchev–Trinajstić information content (AvgIpc) is 3.37. The maximum atomic E-state index is 5.64. The molecule has 1 aromatic heterocycles. The molecule has 0 amide bonds. The van der Waals surface area contributed by atoms with Gasteiger partial charge in [0.15, 0.2) is 0 Å². The third kappa shape index (κ3) is 4.26. The van der Waals surface area contributed by atoms with E-state index in [2.05, 4.69) is 101 Å². The summed E-state index contributed by atoms with van der Waals surface area (Å²) in [4.78, 5) is 7.17. The van der Waals surface area contributed by atoms with Crippen molar-refractivity contribution >= 4 is 35.7 Å². The molecule has 0 atom stereocenters. The predicted molar refractivity (Wildman–Crippen MR) is 144 cm³/mol. The molecule has 3 aromatic rings. The second-order valence-corrected chi connectivity index (χ2v) is 7.12. The van der Waals surface area contributed by atoms with E-state index < -0.39 is 0 Å². The molecule has 5 nitrogen and oxygen atoms in total. The Labute approximate surface area is 201 Å². The smallest absolute Gasteiger partial charge is 0.496 e. The summed E-state index contributed by atoms with van der Waals surface area (Å²) in [7, 11) is 6.04. The van der Waals surface area contributed by atoms with Crippen molar-refractivity contribution in [3.63, 3.8) is 0 Å². The van der Waals surface area contributed by atoms with Crippen LogP contribution in [-0.4, -0.2) is 21.3 Å². The molecule has 2 aromatic carbocycles. The van der Waals surface area contributed by atoms with Gasteiger partial charge in [-0.1, -0.05) is 59.7 Å². The summed E-state index contributed by atoms with van der Waals surface area (Å²) in [6, 6.07) is 19.2. The number of fused-ring (bicyclic) bond motifs is 5. The van der Waals surface area contributed by atoms with Gasteiger partial charge in [0.2, 0.25) is 0 Å². The van der Waals surface area contributed by atoms with Gasteiger partial charge in [-0.2, -0.15) is 0 Å². The lowest BCUT2D eigenvalue weighted by Gasteiger charge is -2.23. The van der Waals surface area contributed by atoms with E-state index in [4.69, 9.17) is 4.74 Å². The number of methoxy groups -OCH3 is 1. The first-order valence-corrected chi connectivity index (χ1v) is 12.2. The first-order valence-electron chi connectivity index (χ1n) is 12.2. The Bertz CT molecular complexity index is 1060. The van der Waals surface area contributed by atoms with E-state index in [0.717, 1.165) is 17.1 Å². The summed E-state index contributed by atoms with van der Waals surface area (Å²) < 4.78 is 7.81. The molecular weight excluding hydrogens is 407 g/mol. The molecule has 2 aliphatic heterocycles. The molecular formula is C27H40BN4O+. The largest absolute Gasteiger partial charge is 0.638 e. The van der Waals surface area contributed by atoms with Crippen LogP contribution in [0.1, 0.15) is 47.1 Å². The fourth-order valence-corrected chi connectivity index (χ4v) is 4.43. The van der Waals surface area contributed by atoms with Crippen LogP contribution < -0.4 is 23.7 Å². The Morgan fingerprint density at radius 3 is 1.97 bits per heavy atom. The Morgan fingerprint density at radius 1 is 0.758 bits per heavy atom. The molecule has 0 unspecified atom stereocenters. The molecule has 0 bridgehead atoms. The van der Waals surface area contributed by atoms with Crippen molar-refractivity contribution in [3.8, 4) is 5.75 Å². The normalized spacial score (nSPS) is 12.3. The van der Waals surface area contributed by atoms with E-state index in [9.17, 15) is 0 Å². The first-order chi connectivity index (χ1) is 16.1. The Kier molecular flexibility index (Phi) is 9.21. The van der Waals surface area contributed by atoms with Gasteiger partial charge in [0.1, 0.15) is 11.4 Å². The average molecular weight is 447 g/mol. The molecule has 3 heterocycles. The van der Waals surface area contributed by atoms with E-state index in [-0.39, 0.29) is 7.12 Å². The first kappa shape index (κ1) is 26.1. The molecule has 0 N–H and O–H groups in total. The number of para-hydroxylation sites is 2. The Balaban J connectivity index is 0.000000597. The second kappa shape index (κ2) is 11.6. The van der Waals surface area contributed by atoms with E-state index >= 15 is 0 Å². The van der Waals surface area contributed by atoms with Crippen molar-refractivity contribution in [3.05, 3.63) is 66.4 Å². The minimum absolute atomic E-state index is 0.0526. The Morgan fingerprint density at radius 2 is 1.36 bits per heavy atom. The highest BCUT2D eigenvalue weighted by molar-refractivity contribution is 6.78. The molecule has 0 radical (unpaired) electrons. The van der Waals surface area contributed by atoms with Crippen LogP contribution in [0.3, 0.4) is 0 Å². The summed E-state index contributed by atoms with van der Waals surface area (Å²) in [6.45, 7) is 14.1. The van der Waals surface area contributed by atoms with Crippen molar-refractivity contribution in [2.45, 2.75) is 48.5 Å². The standard InChI is InChI=1S/C21H22BN4O.3C2H6/c1-15-19(27-4)13-12-18-21(15)26(20-11-7-8-14-23(20)2)22-24(3)16-9-5-6-10-17(16)25(18)22;3*1-2/h5-14H,1-4H3;3*1-2H3/q+1;;;. The molecule has 0 saturated heterocycles. The van der Waals surface area contributed by atoms with E-state index in [1.807, 2.05) is 41.5 Å². The quantitative estimate of drug-likeness (QED) is 0.325. The lowest BCUT2D eigenvalue weighted by atomic mass is 9.88. The monoisotopic (exact) mass is 447 g/mol. The van der Waals surface area contributed by atoms with Crippen LogP contribution in [0.4, 0.5) is 28.6 Å². The maximum absolute atomic E-state index is 5.64. The molecule has 5 rings (SSSR count). The number of aromatic nitrogens is 1. The number of rotatable bonds is 2. The van der Waals surface area contributed by atoms with Crippen LogP contribution in [0.5, 0.6) is 5.75 Å². The number of nitrogens with zero attached hydrogens (tertiary/aromatic N) is 4. The minimum atomic E-state index is 0.0526. The zero-order valence-corrected chi connectivity index (χ0v) is 22.0. The molecule has 33 heavy (non-hydrogen) atoms. The van der Waals surface area contributed by atoms with Gasteiger partial charge in [-0.05, 0) is 44.3 Å². The number of hydrogen-bond donors (Lipinski definition) is 0. The molecule has 0 spiro atoms. The van der Waals surface area contributed by atoms with Crippen molar-refractivity contribution in [2.24, 2.45) is 7.05 Å². The van der Waals surface area contributed by atoms with Crippen molar-refractivity contribution in [1.29, 1.82) is 0 Å². The minimum Gasteiger partial charge on any atom is -0.496 e. The molecule has 0 aliphatic carbocycles. The molecule has 6 heteroatoms. The van der Waals surface area contributed by atoms with Gasteiger partial charge in [-0.3, -0.25) is 0 Å². The third-order valence-corrected chi connectivity index (χ3v) is 5.68. The highest BCUT2D eigenvalue weighted by Crippen LogP contribution is 2.55. The van der Waals surface area contributed by atoms with Crippen molar-refractivity contribution < 1.29 is 9.30 Å². The fraction of sp³-hybridized carbons (Fsp3) is 0.370. The fourth-order valence-electron chi connectivity index (χ4n) is 4.43. The summed E-state index contributed by atoms with van der Waals surface area (Å²) in [5, 5.41) is 0. The topological polar surface area (TPSA) is 22.8 Å². The van der Waals surface area contributed by atoms with Gasteiger partial charge in [-0.15, -0.1) is 0 Å². The van der Waals surface area contributed by atoms with E-state index in [1.54, 1.807) is 7.11 Å². The van der Waals surface area contributed by atoms with Gasteiger partial charge >= 0.3 is 7.12 Å². The number of hydrogen-bond acceptors (Lipinski definition) is 4. The van der Waals surface area contributed by atoms with Crippen LogP contribution >= 0.6 is 0 Å². The van der Waals surface area contributed by atoms with Gasteiger partial charge in [0, 0.05) is 11.6 Å². The third-order valence-electron chi connectivity index (χ3n) is 5.68. The van der Waals surface area contributed by atoms with Crippen LogP contribution in [0.2, 0.25) is 0 Å². The second-order valence-electron chi connectivity index (χ2n) is 7.12. The predicted octanol–water partition coefficient (Wildman–Crippen LogP) is 6.63. The number of pyridine rings is 1.